The molecule has 0 aliphatic carbocycles. The van der Waals surface area contributed by atoms with Gasteiger partial charge in [-0.3, -0.25) is 19.7 Å². The maximum Gasteiger partial charge on any atom is 0.322 e. The second kappa shape index (κ2) is 8.23. The van der Waals surface area contributed by atoms with E-state index in [1.165, 1.54) is 12.1 Å². The molecule has 0 aromatic heterocycles. The van der Waals surface area contributed by atoms with Gasteiger partial charge in [0.05, 0.1) is 12.0 Å². The van der Waals surface area contributed by atoms with Crippen LogP contribution in [0.25, 0.3) is 0 Å². The van der Waals surface area contributed by atoms with Gasteiger partial charge in [-0.25, -0.2) is 13.1 Å². The number of methoxy groups -OCH3 is 1. The highest BCUT2D eigenvalue weighted by Crippen LogP contribution is 2.23. The molecule has 0 aliphatic heterocycles. The van der Waals surface area contributed by atoms with Crippen molar-refractivity contribution in [1.82, 2.24) is 4.72 Å². The average molecular weight is 388 g/mol. The van der Waals surface area contributed by atoms with Crippen molar-refractivity contribution in [2.45, 2.75) is 31.3 Å². The Balaban J connectivity index is 3.06. The molecule has 0 fully saturated rings. The van der Waals surface area contributed by atoms with Crippen molar-refractivity contribution in [2.24, 2.45) is 5.92 Å². The minimum Gasteiger partial charge on any atom is -0.468 e. The molecular formula is C15H20N2O8S. The number of nitro groups is 1. The number of carbonyl (C=O) groups excluding carboxylic acids is 2. The Kier molecular flexibility index (Phi) is 6.81. The molecule has 0 heterocycles. The predicted octanol–water partition coefficient (Wildman–Crippen LogP) is 1.00. The highest BCUT2D eigenvalue weighted by atomic mass is 32.2. The number of nitrogens with one attached hydrogen (secondary N) is 1. The number of hydrogen-bond donors (Lipinski definition) is 1. The molecule has 1 atom stereocenters. The number of esters is 2. The summed E-state index contributed by atoms with van der Waals surface area (Å²) < 4.78 is 36.3. The van der Waals surface area contributed by atoms with Gasteiger partial charge in [-0.15, -0.1) is 0 Å². The van der Waals surface area contributed by atoms with Crippen LogP contribution in [0.3, 0.4) is 0 Å². The van der Waals surface area contributed by atoms with Gasteiger partial charge in [0.15, 0.2) is 10.8 Å². The van der Waals surface area contributed by atoms with Crippen LogP contribution in [-0.2, 0) is 29.1 Å². The average Bonchev–Trinajstić information content (AvgIpc) is 2.52. The number of rotatable bonds is 7. The van der Waals surface area contributed by atoms with E-state index in [1.54, 1.807) is 20.8 Å². The van der Waals surface area contributed by atoms with E-state index in [2.05, 4.69) is 4.74 Å². The fraction of sp³-hybridized carbons (Fsp3) is 0.467. The van der Waals surface area contributed by atoms with Crippen LogP contribution < -0.4 is 4.72 Å². The molecule has 0 saturated carbocycles. The van der Waals surface area contributed by atoms with E-state index in [0.717, 1.165) is 19.2 Å². The lowest BCUT2D eigenvalue weighted by atomic mass is 10.1. The van der Waals surface area contributed by atoms with E-state index in [-0.39, 0.29) is 0 Å². The Bertz CT molecular complexity index is 798. The van der Waals surface area contributed by atoms with Crippen molar-refractivity contribution >= 4 is 27.6 Å². The fourth-order valence-corrected chi connectivity index (χ4v) is 3.10. The molecule has 11 heteroatoms. The molecule has 1 N–H and O–H groups in total. The number of para-hydroxylation sites is 1. The topological polar surface area (TPSA) is 142 Å². The highest BCUT2D eigenvalue weighted by molar-refractivity contribution is 7.89. The second-order valence-electron chi connectivity index (χ2n) is 6.19. The van der Waals surface area contributed by atoms with Crippen molar-refractivity contribution in [3.63, 3.8) is 0 Å². The van der Waals surface area contributed by atoms with Crippen molar-refractivity contribution in [3.8, 4) is 0 Å². The third-order valence-electron chi connectivity index (χ3n) is 3.01. The first-order chi connectivity index (χ1) is 11.9. The number of sulfonamides is 1. The number of ether oxygens (including phenoxy) is 2. The Labute approximate surface area is 150 Å². The van der Waals surface area contributed by atoms with Gasteiger partial charge in [0.25, 0.3) is 5.69 Å². The molecule has 0 aliphatic rings. The molecule has 1 unspecified atom stereocenters. The lowest BCUT2D eigenvalue weighted by Gasteiger charge is -2.23. The maximum atomic E-state index is 12.4. The molecule has 1 aromatic carbocycles. The van der Waals surface area contributed by atoms with Gasteiger partial charge in [-0.2, -0.15) is 0 Å². The Morgan fingerprint density at radius 1 is 1.23 bits per heavy atom. The fourth-order valence-electron chi connectivity index (χ4n) is 1.88. The molecule has 0 bridgehead atoms. The summed E-state index contributed by atoms with van der Waals surface area (Å²) in [5, 5.41) is 11.0. The van der Waals surface area contributed by atoms with E-state index in [1.807, 2.05) is 4.72 Å². The van der Waals surface area contributed by atoms with Gasteiger partial charge in [0.1, 0.15) is 5.60 Å². The Hall–Kier alpha value is -2.53. The summed E-state index contributed by atoms with van der Waals surface area (Å²) in [4.78, 5) is 33.5. The summed E-state index contributed by atoms with van der Waals surface area (Å²) in [6, 6.07) is 4.70. The molecular weight excluding hydrogens is 368 g/mol. The zero-order valence-electron chi connectivity index (χ0n) is 14.7. The number of benzene rings is 1. The van der Waals surface area contributed by atoms with E-state index in [9.17, 15) is 28.1 Å². The van der Waals surface area contributed by atoms with E-state index in [4.69, 9.17) is 4.74 Å². The summed E-state index contributed by atoms with van der Waals surface area (Å²) in [5.41, 5.74) is -1.53. The minimum atomic E-state index is -4.36. The van der Waals surface area contributed by atoms with Crippen molar-refractivity contribution in [3.05, 3.63) is 34.4 Å². The largest absolute Gasteiger partial charge is 0.468 e. The van der Waals surface area contributed by atoms with Crippen LogP contribution in [0.2, 0.25) is 0 Å². The molecule has 1 rings (SSSR count). The van der Waals surface area contributed by atoms with Crippen LogP contribution in [0.4, 0.5) is 5.69 Å². The molecule has 10 nitrogen and oxygen atoms in total. The molecule has 144 valence electrons. The van der Waals surface area contributed by atoms with Crippen LogP contribution >= 0.6 is 0 Å². The molecule has 0 radical (unpaired) electrons. The summed E-state index contributed by atoms with van der Waals surface area (Å²) in [5.74, 6) is -3.53. The van der Waals surface area contributed by atoms with Crippen LogP contribution in [0, 0.1) is 16.0 Å². The highest BCUT2D eigenvalue weighted by Gasteiger charge is 2.34. The Morgan fingerprint density at radius 3 is 2.31 bits per heavy atom. The summed E-state index contributed by atoms with van der Waals surface area (Å²) in [6.07, 6.45) is 0. The second-order valence-corrected chi connectivity index (χ2v) is 7.92. The van der Waals surface area contributed by atoms with Crippen molar-refractivity contribution in [2.75, 3.05) is 13.7 Å². The normalized spacial score (nSPS) is 12.9. The smallest absolute Gasteiger partial charge is 0.322 e. The third kappa shape index (κ3) is 5.77. The van der Waals surface area contributed by atoms with Crippen molar-refractivity contribution < 1.29 is 32.4 Å². The molecule has 0 amide bonds. The van der Waals surface area contributed by atoms with Gasteiger partial charge in [0, 0.05) is 12.6 Å². The SMILES string of the molecule is COC(=O)C(CNS(=O)(=O)c1ccccc1[N+](=O)[O-])C(=O)OC(C)(C)C. The van der Waals surface area contributed by atoms with Gasteiger partial charge in [-0.05, 0) is 26.8 Å². The zero-order valence-corrected chi connectivity index (χ0v) is 15.5. The van der Waals surface area contributed by atoms with E-state index < -0.39 is 55.5 Å². The standard InChI is InChI=1S/C15H20N2O8S/c1-15(2,3)25-14(19)10(13(18)24-4)9-16-26(22,23)12-8-6-5-7-11(12)17(20)21/h5-8,10,16H,9H2,1-4H3. The van der Waals surface area contributed by atoms with E-state index in [0.29, 0.717) is 0 Å². The number of hydrogen-bond acceptors (Lipinski definition) is 8. The first-order valence-electron chi connectivity index (χ1n) is 7.43. The Morgan fingerprint density at radius 2 is 1.81 bits per heavy atom. The van der Waals surface area contributed by atoms with Gasteiger partial charge < -0.3 is 9.47 Å². The maximum absolute atomic E-state index is 12.4. The first kappa shape index (κ1) is 21.5. The minimum absolute atomic E-state index is 0.585. The number of nitrogens with zero attached hydrogens (tertiary/aromatic N) is 1. The number of carbonyl (C=O) groups is 2. The molecule has 26 heavy (non-hydrogen) atoms. The predicted molar refractivity (Wildman–Crippen MR) is 89.6 cm³/mol. The summed E-state index contributed by atoms with van der Waals surface area (Å²) in [7, 11) is -3.32. The molecule has 0 spiro atoms. The summed E-state index contributed by atoms with van der Waals surface area (Å²) >= 11 is 0. The first-order valence-corrected chi connectivity index (χ1v) is 8.91. The molecule has 0 saturated heterocycles. The van der Waals surface area contributed by atoms with Crippen LogP contribution in [0.1, 0.15) is 20.8 Å². The van der Waals surface area contributed by atoms with Gasteiger partial charge in [0.2, 0.25) is 10.0 Å². The van der Waals surface area contributed by atoms with E-state index >= 15 is 0 Å². The van der Waals surface area contributed by atoms with Gasteiger partial charge in [-0.1, -0.05) is 12.1 Å². The van der Waals surface area contributed by atoms with Crippen LogP contribution in [0.15, 0.2) is 29.2 Å². The molecule has 1 aromatic rings. The van der Waals surface area contributed by atoms with Crippen LogP contribution in [0.5, 0.6) is 0 Å². The monoisotopic (exact) mass is 388 g/mol. The zero-order chi connectivity index (χ0) is 20.1. The van der Waals surface area contributed by atoms with Gasteiger partial charge >= 0.3 is 11.9 Å². The summed E-state index contributed by atoms with van der Waals surface area (Å²) in [6.45, 7) is 4.07. The lowest BCUT2D eigenvalue weighted by molar-refractivity contribution is -0.387. The number of nitro benzene ring substituents is 1. The third-order valence-corrected chi connectivity index (χ3v) is 4.48. The quantitative estimate of drug-likeness (QED) is 0.315. The lowest BCUT2D eigenvalue weighted by Crippen LogP contribution is -2.41. The van der Waals surface area contributed by atoms with Crippen LogP contribution in [-0.4, -0.2) is 44.5 Å². The van der Waals surface area contributed by atoms with Crippen molar-refractivity contribution in [1.29, 1.82) is 0 Å².